The van der Waals surface area contributed by atoms with Gasteiger partial charge in [0.25, 0.3) is 0 Å². The summed E-state index contributed by atoms with van der Waals surface area (Å²) in [6, 6.07) is 7.09. The molecule has 0 saturated carbocycles. The van der Waals surface area contributed by atoms with E-state index in [9.17, 15) is 4.79 Å². The summed E-state index contributed by atoms with van der Waals surface area (Å²) in [5.74, 6) is 0. The highest BCUT2D eigenvalue weighted by molar-refractivity contribution is 5.85. The number of nitrogens with two attached hydrogens (primary N) is 1. The van der Waals surface area contributed by atoms with Crippen LogP contribution < -0.4 is 11.2 Å². The van der Waals surface area contributed by atoms with Crippen LogP contribution in [0.15, 0.2) is 35.3 Å². The van der Waals surface area contributed by atoms with Gasteiger partial charge >= 0.3 is 0 Å². The summed E-state index contributed by atoms with van der Waals surface area (Å²) < 4.78 is 0. The summed E-state index contributed by atoms with van der Waals surface area (Å²) in [5.41, 5.74) is 7.39. The van der Waals surface area contributed by atoms with Crippen LogP contribution in [0.4, 0.5) is 0 Å². The van der Waals surface area contributed by atoms with E-state index in [-0.39, 0.29) is 17.8 Å². The van der Waals surface area contributed by atoms with Crippen LogP contribution in [0.3, 0.4) is 0 Å². The van der Waals surface area contributed by atoms with E-state index in [1.165, 1.54) is 6.07 Å². The highest BCUT2D eigenvalue weighted by Crippen LogP contribution is 2.08. The summed E-state index contributed by atoms with van der Waals surface area (Å²) in [5, 5.41) is 0.708. The lowest BCUT2D eigenvalue weighted by atomic mass is 10.1. The Balaban J connectivity index is 0.000000980. The molecule has 0 fully saturated rings. The third-order valence-electron chi connectivity index (χ3n) is 2.06. The van der Waals surface area contributed by atoms with Gasteiger partial charge in [-0.1, -0.05) is 6.07 Å². The fourth-order valence-electron chi connectivity index (χ4n) is 1.35. The number of hydrogen-bond donors (Lipinski definition) is 2. The lowest BCUT2D eigenvalue weighted by Crippen LogP contribution is -2.02. The van der Waals surface area contributed by atoms with Gasteiger partial charge in [0, 0.05) is 29.7 Å². The van der Waals surface area contributed by atoms with Crippen LogP contribution in [-0.2, 0) is 6.54 Å². The summed E-state index contributed by atoms with van der Waals surface area (Å²) >= 11 is 0. The molecule has 0 atom stereocenters. The first-order valence-corrected chi connectivity index (χ1v) is 4.11. The van der Waals surface area contributed by atoms with E-state index in [4.69, 9.17) is 5.73 Å². The second kappa shape index (κ2) is 4.26. The molecule has 1 aromatic heterocycles. The van der Waals surface area contributed by atoms with Crippen molar-refractivity contribution < 1.29 is 0 Å². The van der Waals surface area contributed by atoms with Crippen molar-refractivity contribution in [3.05, 3.63) is 46.2 Å². The third-order valence-corrected chi connectivity index (χ3v) is 2.06. The molecule has 0 bridgehead atoms. The molecule has 3 nitrogen and oxygen atoms in total. The van der Waals surface area contributed by atoms with E-state index in [2.05, 4.69) is 4.98 Å². The van der Waals surface area contributed by atoms with Crippen molar-refractivity contribution in [2.45, 2.75) is 6.54 Å². The molecule has 0 unspecified atom stereocenters. The van der Waals surface area contributed by atoms with E-state index in [1.807, 2.05) is 12.1 Å². The van der Waals surface area contributed by atoms with Crippen LogP contribution >= 0.6 is 12.4 Å². The van der Waals surface area contributed by atoms with Crippen molar-refractivity contribution in [1.82, 2.24) is 4.98 Å². The van der Waals surface area contributed by atoms with Crippen molar-refractivity contribution in [2.75, 3.05) is 0 Å². The Labute approximate surface area is 87.4 Å². The maximum atomic E-state index is 11.3. The molecule has 74 valence electrons. The highest BCUT2D eigenvalue weighted by atomic mass is 35.5. The minimum absolute atomic E-state index is 0. The standard InChI is InChI=1S/C10H10N2O.ClH/c11-6-7-1-2-8-9(5-7)12-4-3-10(8)13;/h1-5H,6,11H2,(H,12,13);1H. The van der Waals surface area contributed by atoms with Gasteiger partial charge in [0.05, 0.1) is 0 Å². The van der Waals surface area contributed by atoms with Crippen LogP contribution in [0.2, 0.25) is 0 Å². The fourth-order valence-corrected chi connectivity index (χ4v) is 1.35. The first-order valence-electron chi connectivity index (χ1n) is 4.11. The second-order valence-corrected chi connectivity index (χ2v) is 2.93. The Kier molecular flexibility index (Phi) is 3.28. The van der Waals surface area contributed by atoms with Gasteiger partial charge in [-0.3, -0.25) is 4.79 Å². The minimum atomic E-state index is 0. The molecular weight excluding hydrogens is 200 g/mol. The van der Waals surface area contributed by atoms with Crippen LogP contribution in [0.1, 0.15) is 5.56 Å². The average Bonchev–Trinajstić information content (AvgIpc) is 2.18. The lowest BCUT2D eigenvalue weighted by Gasteiger charge is -1.99. The van der Waals surface area contributed by atoms with Gasteiger partial charge in [-0.2, -0.15) is 0 Å². The molecule has 0 saturated heterocycles. The van der Waals surface area contributed by atoms with Crippen LogP contribution in [0.5, 0.6) is 0 Å². The minimum Gasteiger partial charge on any atom is -0.361 e. The molecule has 0 amide bonds. The summed E-state index contributed by atoms with van der Waals surface area (Å²) in [6.45, 7) is 0.493. The number of aromatic amines is 1. The van der Waals surface area contributed by atoms with Crippen LogP contribution in [-0.4, -0.2) is 4.98 Å². The van der Waals surface area contributed by atoms with E-state index < -0.39 is 0 Å². The third kappa shape index (κ3) is 1.78. The Hall–Kier alpha value is -1.32. The smallest absolute Gasteiger partial charge is 0.189 e. The normalized spacial score (nSPS) is 9.79. The van der Waals surface area contributed by atoms with Crippen molar-refractivity contribution in [3.63, 3.8) is 0 Å². The van der Waals surface area contributed by atoms with Gasteiger partial charge in [0.2, 0.25) is 0 Å². The number of aromatic nitrogens is 1. The molecule has 2 aromatic rings. The van der Waals surface area contributed by atoms with Crippen molar-refractivity contribution in [3.8, 4) is 0 Å². The quantitative estimate of drug-likeness (QED) is 0.748. The van der Waals surface area contributed by atoms with Gasteiger partial charge in [0.15, 0.2) is 5.43 Å². The molecule has 0 spiro atoms. The van der Waals surface area contributed by atoms with E-state index >= 15 is 0 Å². The summed E-state index contributed by atoms with van der Waals surface area (Å²) in [4.78, 5) is 14.3. The molecule has 1 aromatic carbocycles. The molecule has 0 aliphatic carbocycles. The molecule has 1 heterocycles. The second-order valence-electron chi connectivity index (χ2n) is 2.93. The number of hydrogen-bond acceptors (Lipinski definition) is 2. The summed E-state index contributed by atoms with van der Waals surface area (Å²) in [7, 11) is 0. The van der Waals surface area contributed by atoms with E-state index in [0.29, 0.717) is 11.9 Å². The fraction of sp³-hybridized carbons (Fsp3) is 0.100. The number of fused-ring (bicyclic) bond motifs is 1. The molecule has 2 rings (SSSR count). The number of halogens is 1. The average molecular weight is 211 g/mol. The number of pyridine rings is 1. The van der Waals surface area contributed by atoms with E-state index in [0.717, 1.165) is 11.1 Å². The number of benzene rings is 1. The number of H-pyrrole nitrogens is 1. The first kappa shape index (κ1) is 10.8. The van der Waals surface area contributed by atoms with Gasteiger partial charge in [-0.25, -0.2) is 0 Å². The first-order chi connectivity index (χ1) is 6.31. The van der Waals surface area contributed by atoms with Crippen LogP contribution in [0, 0.1) is 0 Å². The largest absolute Gasteiger partial charge is 0.361 e. The number of nitrogens with one attached hydrogen (secondary N) is 1. The Morgan fingerprint density at radius 3 is 2.79 bits per heavy atom. The molecule has 0 aliphatic heterocycles. The maximum absolute atomic E-state index is 11.3. The topological polar surface area (TPSA) is 58.9 Å². The van der Waals surface area contributed by atoms with Crippen molar-refractivity contribution in [1.29, 1.82) is 0 Å². The van der Waals surface area contributed by atoms with Crippen molar-refractivity contribution in [2.24, 2.45) is 5.73 Å². The number of rotatable bonds is 1. The molecule has 14 heavy (non-hydrogen) atoms. The molecule has 4 heteroatoms. The van der Waals surface area contributed by atoms with Gasteiger partial charge in [-0.15, -0.1) is 12.4 Å². The lowest BCUT2D eigenvalue weighted by molar-refractivity contribution is 1.07. The maximum Gasteiger partial charge on any atom is 0.189 e. The Bertz CT molecular complexity index is 493. The predicted molar refractivity (Wildman–Crippen MR) is 59.7 cm³/mol. The zero-order valence-electron chi connectivity index (χ0n) is 7.49. The Morgan fingerprint density at radius 1 is 1.29 bits per heavy atom. The zero-order valence-corrected chi connectivity index (χ0v) is 8.30. The molecular formula is C10H11ClN2O. The SMILES string of the molecule is Cl.NCc1ccc2c(=O)cc[nH]c2c1. The van der Waals surface area contributed by atoms with E-state index in [1.54, 1.807) is 12.3 Å². The Morgan fingerprint density at radius 2 is 2.07 bits per heavy atom. The zero-order chi connectivity index (χ0) is 9.26. The van der Waals surface area contributed by atoms with Crippen molar-refractivity contribution >= 4 is 23.3 Å². The predicted octanol–water partition coefficient (Wildman–Crippen LogP) is 1.41. The molecule has 3 N–H and O–H groups in total. The summed E-state index contributed by atoms with van der Waals surface area (Å²) in [6.07, 6.45) is 1.64. The monoisotopic (exact) mass is 210 g/mol. The highest BCUT2D eigenvalue weighted by Gasteiger charge is 1.97. The van der Waals surface area contributed by atoms with Gasteiger partial charge < -0.3 is 10.7 Å². The van der Waals surface area contributed by atoms with Gasteiger partial charge in [0.1, 0.15) is 0 Å². The molecule has 0 radical (unpaired) electrons. The van der Waals surface area contributed by atoms with Crippen LogP contribution in [0.25, 0.3) is 10.9 Å². The molecule has 0 aliphatic rings. The van der Waals surface area contributed by atoms with Gasteiger partial charge in [-0.05, 0) is 17.7 Å².